The van der Waals surface area contributed by atoms with E-state index in [0.29, 0.717) is 30.8 Å². The number of ether oxygens (including phenoxy) is 1. The summed E-state index contributed by atoms with van der Waals surface area (Å²) in [6.07, 6.45) is 4.39. The molecule has 2 aromatic rings. The maximum atomic E-state index is 13.2. The number of para-hydroxylation sites is 1. The molecule has 170 valence electrons. The third-order valence-electron chi connectivity index (χ3n) is 6.64. The second-order valence-electron chi connectivity index (χ2n) is 8.79. The van der Waals surface area contributed by atoms with Crippen molar-refractivity contribution in [1.82, 2.24) is 19.8 Å². The smallest absolute Gasteiger partial charge is 0.257 e. The lowest BCUT2D eigenvalue weighted by Crippen LogP contribution is -2.39. The number of carbonyl (C=O) groups is 2. The Morgan fingerprint density at radius 3 is 2.34 bits per heavy atom. The lowest BCUT2D eigenvalue weighted by molar-refractivity contribution is -0.129. The van der Waals surface area contributed by atoms with Crippen LogP contribution in [0, 0.1) is 13.8 Å². The van der Waals surface area contributed by atoms with Crippen LogP contribution in [0.25, 0.3) is 0 Å². The molecular weight excluding hydrogens is 404 g/mol. The van der Waals surface area contributed by atoms with E-state index in [0.717, 1.165) is 61.5 Å². The first kappa shape index (κ1) is 22.2. The van der Waals surface area contributed by atoms with Crippen molar-refractivity contribution in [1.29, 1.82) is 0 Å². The predicted octanol–water partition coefficient (Wildman–Crippen LogP) is 3.29. The van der Waals surface area contributed by atoms with Crippen LogP contribution in [0.4, 0.5) is 0 Å². The van der Waals surface area contributed by atoms with Crippen molar-refractivity contribution in [2.24, 2.45) is 0 Å². The molecule has 0 aliphatic carbocycles. The number of methoxy groups -OCH3 is 1. The molecule has 1 aromatic carbocycles. The van der Waals surface area contributed by atoms with Gasteiger partial charge in [0.1, 0.15) is 11.6 Å². The summed E-state index contributed by atoms with van der Waals surface area (Å²) in [5.41, 5.74) is 3.25. The molecular formula is C25H32N4O3. The first-order valence-corrected chi connectivity index (χ1v) is 11.5. The molecule has 3 heterocycles. The number of hydrogen-bond donors (Lipinski definition) is 0. The van der Waals surface area contributed by atoms with E-state index in [1.165, 1.54) is 0 Å². The third-order valence-corrected chi connectivity index (χ3v) is 6.64. The maximum absolute atomic E-state index is 13.2. The van der Waals surface area contributed by atoms with Gasteiger partial charge in [-0.25, -0.2) is 9.97 Å². The Morgan fingerprint density at radius 1 is 1.00 bits per heavy atom. The van der Waals surface area contributed by atoms with Crippen molar-refractivity contribution in [3.05, 3.63) is 52.6 Å². The first-order valence-electron chi connectivity index (χ1n) is 11.5. The number of aryl methyl sites for hydroxylation is 2. The van der Waals surface area contributed by atoms with E-state index in [-0.39, 0.29) is 17.7 Å². The van der Waals surface area contributed by atoms with Crippen LogP contribution in [-0.2, 0) is 11.2 Å². The summed E-state index contributed by atoms with van der Waals surface area (Å²) < 4.78 is 5.38. The molecule has 0 radical (unpaired) electrons. The number of nitrogens with zero attached hydrogens (tertiary/aromatic N) is 4. The van der Waals surface area contributed by atoms with Gasteiger partial charge in [-0.05, 0) is 51.7 Å². The van der Waals surface area contributed by atoms with Crippen molar-refractivity contribution in [2.45, 2.75) is 51.9 Å². The minimum Gasteiger partial charge on any atom is -0.496 e. The SMILES string of the molecule is COc1ccccc1C(=O)N1CCC[C@@H](c2nc(C)c(CC(=O)N3CCCC3)c(C)n2)C1. The van der Waals surface area contributed by atoms with E-state index < -0.39 is 0 Å². The summed E-state index contributed by atoms with van der Waals surface area (Å²) in [6.45, 7) is 6.94. The van der Waals surface area contributed by atoms with Crippen LogP contribution >= 0.6 is 0 Å². The Morgan fingerprint density at radius 2 is 1.66 bits per heavy atom. The fraction of sp³-hybridized carbons (Fsp3) is 0.520. The van der Waals surface area contributed by atoms with E-state index in [1.807, 2.05) is 47.9 Å². The maximum Gasteiger partial charge on any atom is 0.257 e. The van der Waals surface area contributed by atoms with Crippen LogP contribution in [0.3, 0.4) is 0 Å². The van der Waals surface area contributed by atoms with Gasteiger partial charge in [0, 0.05) is 49.0 Å². The van der Waals surface area contributed by atoms with Gasteiger partial charge in [-0.1, -0.05) is 12.1 Å². The number of benzene rings is 1. The summed E-state index contributed by atoms with van der Waals surface area (Å²) in [7, 11) is 1.58. The second-order valence-corrected chi connectivity index (χ2v) is 8.79. The fourth-order valence-corrected chi connectivity index (χ4v) is 4.80. The number of likely N-dealkylation sites (tertiary alicyclic amines) is 2. The molecule has 2 aliphatic rings. The average Bonchev–Trinajstić information content (AvgIpc) is 3.36. The zero-order chi connectivity index (χ0) is 22.7. The third kappa shape index (κ3) is 4.61. The highest BCUT2D eigenvalue weighted by Crippen LogP contribution is 2.29. The van der Waals surface area contributed by atoms with Crippen molar-refractivity contribution in [3.8, 4) is 5.75 Å². The molecule has 7 nitrogen and oxygen atoms in total. The van der Waals surface area contributed by atoms with E-state index in [4.69, 9.17) is 14.7 Å². The molecule has 7 heteroatoms. The zero-order valence-electron chi connectivity index (χ0n) is 19.3. The normalized spacial score (nSPS) is 18.7. The lowest BCUT2D eigenvalue weighted by atomic mass is 9.95. The van der Waals surface area contributed by atoms with Gasteiger partial charge in [0.2, 0.25) is 5.91 Å². The molecule has 32 heavy (non-hydrogen) atoms. The Kier molecular flexibility index (Phi) is 6.72. The van der Waals surface area contributed by atoms with E-state index in [1.54, 1.807) is 7.11 Å². The summed E-state index contributed by atoms with van der Waals surface area (Å²) in [6, 6.07) is 7.34. The second kappa shape index (κ2) is 9.67. The van der Waals surface area contributed by atoms with Crippen LogP contribution < -0.4 is 4.74 Å². The molecule has 2 aliphatic heterocycles. The van der Waals surface area contributed by atoms with Crippen molar-refractivity contribution in [3.63, 3.8) is 0 Å². The molecule has 1 atom stereocenters. The summed E-state index contributed by atoms with van der Waals surface area (Å²) in [5.74, 6) is 1.59. The van der Waals surface area contributed by atoms with Crippen molar-refractivity contribution < 1.29 is 14.3 Å². The monoisotopic (exact) mass is 436 g/mol. The molecule has 2 amide bonds. The molecule has 0 unspecified atom stereocenters. The number of piperidine rings is 1. The average molecular weight is 437 g/mol. The molecule has 1 aromatic heterocycles. The van der Waals surface area contributed by atoms with E-state index in [2.05, 4.69) is 0 Å². The number of hydrogen-bond acceptors (Lipinski definition) is 5. The van der Waals surface area contributed by atoms with Crippen molar-refractivity contribution in [2.75, 3.05) is 33.3 Å². The van der Waals surface area contributed by atoms with Crippen molar-refractivity contribution >= 4 is 11.8 Å². The standard InChI is InChI=1S/C25H32N4O3/c1-17-21(15-23(30)28-12-6-7-13-28)18(2)27-24(26-17)19-9-8-14-29(16-19)25(31)20-10-4-5-11-22(20)32-3/h4-5,10-11,19H,6-9,12-16H2,1-3H3/t19-/m1/s1. The van der Waals surface area contributed by atoms with Crippen LogP contribution in [-0.4, -0.2) is 64.9 Å². The number of rotatable bonds is 5. The fourth-order valence-electron chi connectivity index (χ4n) is 4.80. The predicted molar refractivity (Wildman–Crippen MR) is 122 cm³/mol. The Hall–Kier alpha value is -2.96. The van der Waals surface area contributed by atoms with E-state index >= 15 is 0 Å². The minimum atomic E-state index is -0.0200. The highest BCUT2D eigenvalue weighted by atomic mass is 16.5. The number of carbonyl (C=O) groups excluding carboxylic acids is 2. The number of amides is 2. The molecule has 0 N–H and O–H groups in total. The van der Waals surface area contributed by atoms with Crippen LogP contribution in [0.2, 0.25) is 0 Å². The van der Waals surface area contributed by atoms with Crippen LogP contribution in [0.5, 0.6) is 5.75 Å². The van der Waals surface area contributed by atoms with E-state index in [9.17, 15) is 9.59 Å². The topological polar surface area (TPSA) is 75.6 Å². The Bertz CT molecular complexity index is 977. The Balaban J connectivity index is 1.49. The minimum absolute atomic E-state index is 0.0200. The molecule has 0 saturated carbocycles. The van der Waals surface area contributed by atoms with Crippen LogP contribution in [0.1, 0.15) is 64.7 Å². The zero-order valence-corrected chi connectivity index (χ0v) is 19.3. The largest absolute Gasteiger partial charge is 0.496 e. The Labute approximate surface area is 189 Å². The highest BCUT2D eigenvalue weighted by Gasteiger charge is 2.29. The lowest BCUT2D eigenvalue weighted by Gasteiger charge is -2.32. The van der Waals surface area contributed by atoms with Gasteiger partial charge in [0.25, 0.3) is 5.91 Å². The quantitative estimate of drug-likeness (QED) is 0.719. The van der Waals surface area contributed by atoms with Gasteiger partial charge in [-0.15, -0.1) is 0 Å². The number of aromatic nitrogens is 2. The first-order chi connectivity index (χ1) is 15.5. The van der Waals surface area contributed by atoms with Gasteiger partial charge in [-0.3, -0.25) is 9.59 Å². The molecule has 2 fully saturated rings. The van der Waals surface area contributed by atoms with Gasteiger partial charge in [0.15, 0.2) is 0 Å². The van der Waals surface area contributed by atoms with Gasteiger partial charge < -0.3 is 14.5 Å². The van der Waals surface area contributed by atoms with Gasteiger partial charge in [0.05, 0.1) is 19.1 Å². The summed E-state index contributed by atoms with van der Waals surface area (Å²) in [5, 5.41) is 0. The molecule has 4 rings (SSSR count). The molecule has 0 spiro atoms. The molecule has 2 saturated heterocycles. The van der Waals surface area contributed by atoms with Crippen LogP contribution in [0.15, 0.2) is 24.3 Å². The summed E-state index contributed by atoms with van der Waals surface area (Å²) >= 11 is 0. The molecule has 0 bridgehead atoms. The van der Waals surface area contributed by atoms with Gasteiger partial charge >= 0.3 is 0 Å². The van der Waals surface area contributed by atoms with Gasteiger partial charge in [-0.2, -0.15) is 0 Å². The summed E-state index contributed by atoms with van der Waals surface area (Å²) in [4.78, 5) is 39.2. The highest BCUT2D eigenvalue weighted by molar-refractivity contribution is 5.97.